The number of hydrogen-bond donors (Lipinski definition) is 1. The predicted molar refractivity (Wildman–Crippen MR) is 83.4 cm³/mol. The molecular weight excluding hydrogens is 362 g/mol. The first kappa shape index (κ1) is 18.0. The van der Waals surface area contributed by atoms with Crippen LogP contribution in [0.2, 0.25) is 0 Å². The molecule has 118 valence electrons. The van der Waals surface area contributed by atoms with E-state index in [-0.39, 0.29) is 11.4 Å². The Labute approximate surface area is 132 Å². The highest BCUT2D eigenvalue weighted by molar-refractivity contribution is 9.10. The van der Waals surface area contributed by atoms with Gasteiger partial charge in [-0.15, -0.1) is 0 Å². The van der Waals surface area contributed by atoms with E-state index in [0.717, 1.165) is 4.31 Å². The van der Waals surface area contributed by atoms with Crippen molar-refractivity contribution in [3.05, 3.63) is 32.8 Å². The monoisotopic (exact) mass is 379 g/mol. The number of sulfonamides is 1. The highest BCUT2D eigenvalue weighted by Crippen LogP contribution is 2.30. The molecule has 0 aliphatic rings. The Morgan fingerprint density at radius 3 is 2.48 bits per heavy atom. The van der Waals surface area contributed by atoms with E-state index in [0.29, 0.717) is 11.0 Å². The Morgan fingerprint density at radius 1 is 1.43 bits per heavy atom. The molecule has 0 aliphatic heterocycles. The average Bonchev–Trinajstić information content (AvgIpc) is 2.37. The summed E-state index contributed by atoms with van der Waals surface area (Å²) < 4.78 is 26.6. The summed E-state index contributed by atoms with van der Waals surface area (Å²) in [4.78, 5) is 10.0. The number of nitrogens with zero attached hydrogens (tertiary/aromatic N) is 2. The van der Waals surface area contributed by atoms with Gasteiger partial charge in [0, 0.05) is 24.1 Å². The fourth-order valence-electron chi connectivity index (χ4n) is 1.77. The van der Waals surface area contributed by atoms with Gasteiger partial charge in [0.15, 0.2) is 4.90 Å². The van der Waals surface area contributed by atoms with E-state index < -0.39 is 26.0 Å². The topological polar surface area (TPSA) is 107 Å². The summed E-state index contributed by atoms with van der Waals surface area (Å²) in [5.41, 5.74) is 4.72. The standard InChI is InChI=1S/C12H18BrN3O4S/c1-12(2,7-14)8-15(3)21(19,20)11-5-4-9(13)6-10(11)16(17)18/h4-6H,7-8,14H2,1-3H3. The average molecular weight is 380 g/mol. The van der Waals surface area contributed by atoms with Gasteiger partial charge in [-0.05, 0) is 24.1 Å². The number of nitro benzene ring substituents is 1. The summed E-state index contributed by atoms with van der Waals surface area (Å²) in [6.07, 6.45) is 0. The van der Waals surface area contributed by atoms with Crippen molar-refractivity contribution >= 4 is 31.6 Å². The van der Waals surface area contributed by atoms with Crippen LogP contribution in [0.4, 0.5) is 5.69 Å². The maximum atomic E-state index is 12.5. The molecule has 0 aliphatic carbocycles. The first-order valence-corrected chi connectivity index (χ1v) is 8.35. The Morgan fingerprint density at radius 2 is 2.00 bits per heavy atom. The number of hydrogen-bond acceptors (Lipinski definition) is 5. The van der Waals surface area contributed by atoms with Gasteiger partial charge in [0.2, 0.25) is 10.0 Å². The van der Waals surface area contributed by atoms with Gasteiger partial charge in [0.1, 0.15) is 0 Å². The molecule has 1 rings (SSSR count). The van der Waals surface area contributed by atoms with Crippen LogP contribution in [0.3, 0.4) is 0 Å². The van der Waals surface area contributed by atoms with Crippen molar-refractivity contribution in [2.75, 3.05) is 20.1 Å². The molecule has 0 spiro atoms. The van der Waals surface area contributed by atoms with Crippen LogP contribution < -0.4 is 5.73 Å². The Balaban J connectivity index is 3.28. The second kappa shape index (κ2) is 6.39. The molecule has 0 amide bonds. The molecule has 2 N–H and O–H groups in total. The van der Waals surface area contributed by atoms with Gasteiger partial charge < -0.3 is 5.73 Å². The van der Waals surface area contributed by atoms with E-state index in [1.807, 2.05) is 13.8 Å². The van der Waals surface area contributed by atoms with Crippen LogP contribution in [0, 0.1) is 15.5 Å². The normalized spacial score (nSPS) is 12.7. The Bertz CT molecular complexity index is 646. The lowest BCUT2D eigenvalue weighted by Crippen LogP contribution is -2.39. The van der Waals surface area contributed by atoms with Crippen LogP contribution in [0.5, 0.6) is 0 Å². The minimum absolute atomic E-state index is 0.166. The van der Waals surface area contributed by atoms with Crippen molar-refractivity contribution < 1.29 is 13.3 Å². The highest BCUT2D eigenvalue weighted by atomic mass is 79.9. The zero-order valence-electron chi connectivity index (χ0n) is 12.0. The molecule has 1 aromatic carbocycles. The Kier molecular flexibility index (Phi) is 5.48. The van der Waals surface area contributed by atoms with E-state index in [9.17, 15) is 18.5 Å². The van der Waals surface area contributed by atoms with Crippen molar-refractivity contribution in [3.63, 3.8) is 0 Å². The van der Waals surface area contributed by atoms with Crippen LogP contribution in [0.1, 0.15) is 13.8 Å². The molecule has 1 aromatic rings. The lowest BCUT2D eigenvalue weighted by Gasteiger charge is -2.28. The van der Waals surface area contributed by atoms with Crippen molar-refractivity contribution in [2.45, 2.75) is 18.7 Å². The zero-order chi connectivity index (χ0) is 16.4. The smallest absolute Gasteiger partial charge is 0.290 e. The molecular formula is C12H18BrN3O4S. The largest absolute Gasteiger partial charge is 0.330 e. The molecule has 0 heterocycles. The summed E-state index contributed by atoms with van der Waals surface area (Å²) in [7, 11) is -2.57. The minimum Gasteiger partial charge on any atom is -0.330 e. The van der Waals surface area contributed by atoms with E-state index >= 15 is 0 Å². The summed E-state index contributed by atoms with van der Waals surface area (Å²) >= 11 is 3.10. The SMILES string of the molecule is CN(CC(C)(C)CN)S(=O)(=O)c1ccc(Br)cc1[N+](=O)[O-]. The minimum atomic E-state index is -3.96. The summed E-state index contributed by atoms with van der Waals surface area (Å²) in [6.45, 7) is 4.12. The lowest BCUT2D eigenvalue weighted by molar-refractivity contribution is -0.387. The first-order chi connectivity index (χ1) is 9.51. The first-order valence-electron chi connectivity index (χ1n) is 6.11. The van der Waals surface area contributed by atoms with Crippen molar-refractivity contribution in [2.24, 2.45) is 11.1 Å². The van der Waals surface area contributed by atoms with Gasteiger partial charge in [-0.1, -0.05) is 29.8 Å². The molecule has 0 unspecified atom stereocenters. The molecule has 21 heavy (non-hydrogen) atoms. The van der Waals surface area contributed by atoms with Gasteiger partial charge in [0.05, 0.1) is 4.92 Å². The molecule has 9 heteroatoms. The van der Waals surface area contributed by atoms with Crippen molar-refractivity contribution in [3.8, 4) is 0 Å². The molecule has 7 nitrogen and oxygen atoms in total. The van der Waals surface area contributed by atoms with E-state index in [1.54, 1.807) is 0 Å². The Hall–Kier alpha value is -1.03. The molecule has 0 radical (unpaired) electrons. The van der Waals surface area contributed by atoms with Gasteiger partial charge in [-0.3, -0.25) is 10.1 Å². The van der Waals surface area contributed by atoms with Gasteiger partial charge in [0.25, 0.3) is 5.69 Å². The zero-order valence-corrected chi connectivity index (χ0v) is 14.4. The third-order valence-electron chi connectivity index (χ3n) is 3.01. The second-order valence-corrected chi connectivity index (χ2v) is 8.43. The maximum absolute atomic E-state index is 12.5. The highest BCUT2D eigenvalue weighted by Gasteiger charge is 2.32. The molecule has 0 aromatic heterocycles. The fraction of sp³-hybridized carbons (Fsp3) is 0.500. The van der Waals surface area contributed by atoms with E-state index in [4.69, 9.17) is 5.73 Å². The molecule has 0 saturated heterocycles. The van der Waals surface area contributed by atoms with Gasteiger partial charge in [-0.2, -0.15) is 0 Å². The quantitative estimate of drug-likeness (QED) is 0.600. The lowest BCUT2D eigenvalue weighted by atomic mass is 9.94. The predicted octanol–water partition coefficient (Wildman–Crippen LogP) is 1.96. The molecule has 0 bridgehead atoms. The second-order valence-electron chi connectivity index (χ2n) is 5.50. The number of benzene rings is 1. The number of nitrogens with two attached hydrogens (primary N) is 1. The van der Waals surface area contributed by atoms with Crippen LogP contribution in [0.25, 0.3) is 0 Å². The fourth-order valence-corrected chi connectivity index (χ4v) is 3.61. The van der Waals surface area contributed by atoms with Crippen LogP contribution >= 0.6 is 15.9 Å². The summed E-state index contributed by atoms with van der Waals surface area (Å²) in [5, 5.41) is 11.1. The van der Waals surface area contributed by atoms with E-state index in [1.165, 1.54) is 25.2 Å². The number of nitro groups is 1. The number of halogens is 1. The van der Waals surface area contributed by atoms with Crippen LogP contribution in [0.15, 0.2) is 27.6 Å². The summed E-state index contributed by atoms with van der Waals surface area (Å²) in [6, 6.07) is 3.86. The van der Waals surface area contributed by atoms with Gasteiger partial charge in [-0.25, -0.2) is 12.7 Å². The third kappa shape index (κ3) is 4.22. The number of rotatable bonds is 6. The van der Waals surface area contributed by atoms with Crippen molar-refractivity contribution in [1.82, 2.24) is 4.31 Å². The van der Waals surface area contributed by atoms with Crippen LogP contribution in [-0.4, -0.2) is 37.8 Å². The third-order valence-corrected chi connectivity index (χ3v) is 5.35. The van der Waals surface area contributed by atoms with Crippen LogP contribution in [-0.2, 0) is 10.0 Å². The summed E-state index contributed by atoms with van der Waals surface area (Å²) in [5.74, 6) is 0. The van der Waals surface area contributed by atoms with Gasteiger partial charge >= 0.3 is 0 Å². The molecule has 0 atom stereocenters. The molecule has 0 saturated carbocycles. The van der Waals surface area contributed by atoms with E-state index in [2.05, 4.69) is 15.9 Å². The molecule has 0 fully saturated rings. The maximum Gasteiger partial charge on any atom is 0.290 e. The van der Waals surface area contributed by atoms with Crippen molar-refractivity contribution in [1.29, 1.82) is 0 Å².